The van der Waals surface area contributed by atoms with E-state index in [1.54, 1.807) is 18.4 Å². The lowest BCUT2D eigenvalue weighted by Gasteiger charge is -2.14. The molecular formula is C16H18F3N3OS. The van der Waals surface area contributed by atoms with Crippen LogP contribution in [0.25, 0.3) is 0 Å². The predicted octanol–water partition coefficient (Wildman–Crippen LogP) is 3.66. The maximum atomic E-state index is 13.9. The van der Waals surface area contributed by atoms with Crippen molar-refractivity contribution >= 4 is 17.3 Å². The first-order valence-electron chi connectivity index (χ1n) is 7.21. The summed E-state index contributed by atoms with van der Waals surface area (Å²) in [4.78, 5) is 6.36. The van der Waals surface area contributed by atoms with Gasteiger partial charge in [-0.25, -0.2) is 4.39 Å². The van der Waals surface area contributed by atoms with Crippen molar-refractivity contribution in [2.45, 2.75) is 26.6 Å². The number of rotatable bonds is 6. The molecule has 0 saturated carbocycles. The van der Waals surface area contributed by atoms with Gasteiger partial charge in [0.1, 0.15) is 11.6 Å². The van der Waals surface area contributed by atoms with Gasteiger partial charge in [-0.05, 0) is 31.2 Å². The molecule has 8 heteroatoms. The molecule has 2 aromatic rings. The number of aryl methyl sites for hydroxylation is 1. The van der Waals surface area contributed by atoms with Gasteiger partial charge in [0.2, 0.25) is 0 Å². The van der Waals surface area contributed by atoms with Crippen LogP contribution < -0.4 is 15.4 Å². The Kier molecular flexibility index (Phi) is 6.48. The normalized spacial score (nSPS) is 11.7. The van der Waals surface area contributed by atoms with Crippen LogP contribution >= 0.6 is 11.3 Å². The van der Waals surface area contributed by atoms with Crippen LogP contribution in [0, 0.1) is 12.7 Å². The van der Waals surface area contributed by atoms with Gasteiger partial charge in [-0.1, -0.05) is 6.07 Å². The minimum absolute atomic E-state index is 0.0210. The lowest BCUT2D eigenvalue weighted by atomic mass is 10.2. The van der Waals surface area contributed by atoms with Crippen molar-refractivity contribution in [3.8, 4) is 5.75 Å². The van der Waals surface area contributed by atoms with E-state index in [4.69, 9.17) is 0 Å². The van der Waals surface area contributed by atoms with Crippen LogP contribution in [0.5, 0.6) is 5.75 Å². The minimum atomic E-state index is -3.01. The largest absolute Gasteiger partial charge is 0.434 e. The number of halogens is 3. The van der Waals surface area contributed by atoms with Gasteiger partial charge in [-0.3, -0.25) is 4.99 Å². The van der Waals surface area contributed by atoms with Gasteiger partial charge < -0.3 is 15.4 Å². The summed E-state index contributed by atoms with van der Waals surface area (Å²) in [6, 6.07) is 7.84. The molecule has 1 aromatic heterocycles. The van der Waals surface area contributed by atoms with Crippen LogP contribution in [-0.2, 0) is 13.1 Å². The average Bonchev–Trinajstić information content (AvgIpc) is 2.94. The third-order valence-corrected chi connectivity index (χ3v) is 4.17. The second-order valence-electron chi connectivity index (χ2n) is 4.89. The van der Waals surface area contributed by atoms with Gasteiger partial charge in [-0.15, -0.1) is 11.3 Å². The number of ether oxygens (including phenoxy) is 1. The molecule has 1 aromatic carbocycles. The minimum Gasteiger partial charge on any atom is -0.434 e. The summed E-state index contributed by atoms with van der Waals surface area (Å²) in [6.45, 7) is -0.456. The molecule has 0 atom stereocenters. The molecule has 0 spiro atoms. The van der Waals surface area contributed by atoms with E-state index in [0.717, 1.165) is 4.88 Å². The molecule has 0 fully saturated rings. The second-order valence-corrected chi connectivity index (χ2v) is 6.26. The predicted molar refractivity (Wildman–Crippen MR) is 89.1 cm³/mol. The standard InChI is InChI=1S/C16H18F3N3OS/c1-10-6-7-11(24-10)8-21-16(20-2)22-9-12-13(17)4-3-5-14(12)23-15(18)19/h3-7,15H,8-9H2,1-2H3,(H2,20,21,22). The molecule has 24 heavy (non-hydrogen) atoms. The lowest BCUT2D eigenvalue weighted by Crippen LogP contribution is -2.36. The van der Waals surface area contributed by atoms with E-state index < -0.39 is 12.4 Å². The molecule has 0 amide bonds. The van der Waals surface area contributed by atoms with E-state index in [-0.39, 0.29) is 17.9 Å². The van der Waals surface area contributed by atoms with Crippen molar-refractivity contribution in [1.82, 2.24) is 10.6 Å². The Morgan fingerprint density at radius 3 is 2.58 bits per heavy atom. The van der Waals surface area contributed by atoms with Crippen molar-refractivity contribution in [2.75, 3.05) is 7.05 Å². The lowest BCUT2D eigenvalue weighted by molar-refractivity contribution is -0.0506. The fraction of sp³-hybridized carbons (Fsp3) is 0.312. The molecule has 4 nitrogen and oxygen atoms in total. The van der Waals surface area contributed by atoms with Gasteiger partial charge >= 0.3 is 6.61 Å². The van der Waals surface area contributed by atoms with Crippen LogP contribution in [0.2, 0.25) is 0 Å². The number of hydrogen-bond donors (Lipinski definition) is 2. The number of alkyl halides is 2. The molecular weight excluding hydrogens is 339 g/mol. The smallest absolute Gasteiger partial charge is 0.387 e. The Balaban J connectivity index is 1.98. The van der Waals surface area contributed by atoms with Gasteiger partial charge in [0.15, 0.2) is 5.96 Å². The molecule has 0 aliphatic heterocycles. The molecule has 0 unspecified atom stereocenters. The highest BCUT2D eigenvalue weighted by Crippen LogP contribution is 2.23. The highest BCUT2D eigenvalue weighted by Gasteiger charge is 2.14. The molecule has 2 rings (SSSR count). The fourth-order valence-corrected chi connectivity index (χ4v) is 2.89. The van der Waals surface area contributed by atoms with Crippen molar-refractivity contribution < 1.29 is 17.9 Å². The molecule has 1 heterocycles. The zero-order valence-corrected chi connectivity index (χ0v) is 14.1. The number of benzene rings is 1. The highest BCUT2D eigenvalue weighted by atomic mass is 32.1. The van der Waals surface area contributed by atoms with Crippen LogP contribution in [0.1, 0.15) is 15.3 Å². The summed E-state index contributed by atoms with van der Waals surface area (Å²) in [5.41, 5.74) is 0.0210. The van der Waals surface area contributed by atoms with Crippen LogP contribution in [-0.4, -0.2) is 19.6 Å². The van der Waals surface area contributed by atoms with Crippen LogP contribution in [0.15, 0.2) is 35.3 Å². The maximum absolute atomic E-state index is 13.9. The maximum Gasteiger partial charge on any atom is 0.387 e. The summed E-state index contributed by atoms with van der Waals surface area (Å²) < 4.78 is 43.1. The van der Waals surface area contributed by atoms with Crippen molar-refractivity contribution in [1.29, 1.82) is 0 Å². The highest BCUT2D eigenvalue weighted by molar-refractivity contribution is 7.11. The van der Waals surface area contributed by atoms with E-state index in [1.165, 1.54) is 23.1 Å². The first kappa shape index (κ1) is 18.1. The van der Waals surface area contributed by atoms with Crippen LogP contribution in [0.3, 0.4) is 0 Å². The number of aliphatic imine (C=N–C) groups is 1. The SMILES string of the molecule is CN=C(NCc1ccc(C)s1)NCc1c(F)cccc1OC(F)F. The van der Waals surface area contributed by atoms with E-state index in [9.17, 15) is 13.2 Å². The third kappa shape index (κ3) is 5.16. The second kappa shape index (κ2) is 8.58. The molecule has 130 valence electrons. The van der Waals surface area contributed by atoms with Gasteiger partial charge in [0.25, 0.3) is 0 Å². The zero-order chi connectivity index (χ0) is 17.5. The Hall–Kier alpha value is -2.22. The number of nitrogens with one attached hydrogen (secondary N) is 2. The summed E-state index contributed by atoms with van der Waals surface area (Å²) in [5, 5.41) is 5.98. The Morgan fingerprint density at radius 1 is 1.21 bits per heavy atom. The Bertz CT molecular complexity index is 704. The summed E-state index contributed by atoms with van der Waals surface area (Å²) >= 11 is 1.66. The quantitative estimate of drug-likeness (QED) is 0.613. The molecule has 0 saturated heterocycles. The first-order valence-corrected chi connectivity index (χ1v) is 8.03. The molecule has 0 aliphatic carbocycles. The number of hydrogen-bond acceptors (Lipinski definition) is 3. The number of guanidine groups is 1. The molecule has 2 N–H and O–H groups in total. The first-order chi connectivity index (χ1) is 11.5. The summed E-state index contributed by atoms with van der Waals surface area (Å²) in [6.07, 6.45) is 0. The van der Waals surface area contributed by atoms with E-state index >= 15 is 0 Å². The van der Waals surface area contributed by atoms with E-state index in [1.807, 2.05) is 19.1 Å². The zero-order valence-electron chi connectivity index (χ0n) is 13.3. The summed E-state index contributed by atoms with van der Waals surface area (Å²) in [5.74, 6) is -0.376. The average molecular weight is 357 g/mol. The Labute approximate surface area is 142 Å². The van der Waals surface area contributed by atoms with Crippen molar-refractivity contribution in [3.05, 3.63) is 51.5 Å². The van der Waals surface area contributed by atoms with Gasteiger partial charge in [0.05, 0.1) is 6.54 Å². The Morgan fingerprint density at radius 2 is 1.96 bits per heavy atom. The topological polar surface area (TPSA) is 45.7 Å². The van der Waals surface area contributed by atoms with E-state index in [2.05, 4.69) is 20.4 Å². The number of nitrogens with zero attached hydrogens (tertiary/aromatic N) is 1. The van der Waals surface area contributed by atoms with Crippen molar-refractivity contribution in [2.24, 2.45) is 4.99 Å². The fourth-order valence-electron chi connectivity index (χ4n) is 2.06. The summed E-state index contributed by atoms with van der Waals surface area (Å²) in [7, 11) is 1.58. The molecule has 0 radical (unpaired) electrons. The number of thiophene rings is 1. The van der Waals surface area contributed by atoms with Crippen molar-refractivity contribution in [3.63, 3.8) is 0 Å². The van der Waals surface area contributed by atoms with Gasteiger partial charge in [0, 0.05) is 28.9 Å². The third-order valence-electron chi connectivity index (χ3n) is 3.17. The molecule has 0 aliphatic rings. The van der Waals surface area contributed by atoms with E-state index in [0.29, 0.717) is 12.5 Å². The van der Waals surface area contributed by atoms with Crippen LogP contribution in [0.4, 0.5) is 13.2 Å². The molecule has 0 bridgehead atoms. The van der Waals surface area contributed by atoms with Gasteiger partial charge in [-0.2, -0.15) is 8.78 Å². The monoisotopic (exact) mass is 357 g/mol.